The van der Waals surface area contributed by atoms with Crippen molar-refractivity contribution in [2.24, 2.45) is 4.99 Å². The van der Waals surface area contributed by atoms with Crippen LogP contribution in [0.5, 0.6) is 0 Å². The van der Waals surface area contributed by atoms with Crippen molar-refractivity contribution in [1.82, 2.24) is 4.57 Å². The Balaban J connectivity index is 2.10. The predicted octanol–water partition coefficient (Wildman–Crippen LogP) is 2.76. The lowest BCUT2D eigenvalue weighted by Gasteiger charge is -2.05. The topological polar surface area (TPSA) is 130 Å². The van der Waals surface area contributed by atoms with Crippen molar-refractivity contribution in [2.45, 2.75) is 13.5 Å². The van der Waals surface area contributed by atoms with Crippen LogP contribution in [-0.4, -0.2) is 41.1 Å². The normalized spacial score (nSPS) is 11.5. The van der Waals surface area contributed by atoms with Gasteiger partial charge in [-0.1, -0.05) is 22.7 Å². The number of carbonyl (C=O) groups excluding carboxylic acids is 3. The van der Waals surface area contributed by atoms with Gasteiger partial charge >= 0.3 is 16.9 Å². The van der Waals surface area contributed by atoms with Crippen LogP contribution in [-0.2, 0) is 20.8 Å². The van der Waals surface area contributed by atoms with Crippen LogP contribution in [0.1, 0.15) is 27.0 Å². The first-order valence-electron chi connectivity index (χ1n) is 8.54. The van der Waals surface area contributed by atoms with Crippen molar-refractivity contribution >= 4 is 55.7 Å². The van der Waals surface area contributed by atoms with E-state index in [-0.39, 0.29) is 27.8 Å². The van der Waals surface area contributed by atoms with Crippen LogP contribution in [0, 0.1) is 10.1 Å². The zero-order valence-corrected chi connectivity index (χ0v) is 17.4. The molecule has 0 radical (unpaired) electrons. The van der Waals surface area contributed by atoms with Crippen molar-refractivity contribution < 1.29 is 28.8 Å². The fourth-order valence-electron chi connectivity index (χ4n) is 2.53. The number of hydrogen-bond acceptors (Lipinski definition) is 9. The molecule has 0 aliphatic heterocycles. The Bertz CT molecular complexity index is 1220. The average molecular weight is 449 g/mol. The number of carbonyl (C=O) groups is 3. The first-order chi connectivity index (χ1) is 14.3. The van der Waals surface area contributed by atoms with E-state index in [9.17, 15) is 24.5 Å². The summed E-state index contributed by atoms with van der Waals surface area (Å²) in [6.07, 6.45) is 0. The summed E-state index contributed by atoms with van der Waals surface area (Å²) in [5.41, 5.74) is 0.893. The maximum Gasteiger partial charge on any atom is 0.338 e. The number of benzene rings is 1. The van der Waals surface area contributed by atoms with Gasteiger partial charge in [-0.05, 0) is 31.2 Å². The third-order valence-electron chi connectivity index (χ3n) is 3.89. The van der Waals surface area contributed by atoms with E-state index in [1.165, 1.54) is 23.8 Å². The maximum absolute atomic E-state index is 12.5. The number of ether oxygens (including phenoxy) is 2. The van der Waals surface area contributed by atoms with Gasteiger partial charge in [-0.3, -0.25) is 19.7 Å². The smallest absolute Gasteiger partial charge is 0.338 e. The minimum Gasteiger partial charge on any atom is -0.468 e. The summed E-state index contributed by atoms with van der Waals surface area (Å²) in [6.45, 7) is 1.72. The van der Waals surface area contributed by atoms with E-state index in [1.54, 1.807) is 25.1 Å². The number of amides is 1. The Labute approximate surface area is 177 Å². The summed E-state index contributed by atoms with van der Waals surface area (Å²) in [7, 11) is 1.24. The molecule has 2 heterocycles. The minimum absolute atomic E-state index is 0.0935. The Hall–Kier alpha value is -3.38. The molecule has 1 amide bonds. The molecular formula is C18H15N3O7S2. The van der Waals surface area contributed by atoms with Gasteiger partial charge in [0, 0.05) is 6.07 Å². The number of esters is 2. The van der Waals surface area contributed by atoms with Crippen molar-refractivity contribution in [3.63, 3.8) is 0 Å². The van der Waals surface area contributed by atoms with E-state index in [2.05, 4.69) is 4.99 Å². The molecule has 0 aliphatic rings. The van der Waals surface area contributed by atoms with E-state index in [4.69, 9.17) is 9.47 Å². The molecule has 10 nitrogen and oxygen atoms in total. The average Bonchev–Trinajstić information content (AvgIpc) is 3.33. The van der Waals surface area contributed by atoms with Gasteiger partial charge in [0.15, 0.2) is 4.80 Å². The summed E-state index contributed by atoms with van der Waals surface area (Å²) in [4.78, 5) is 50.9. The number of hydrogen-bond donors (Lipinski definition) is 0. The highest BCUT2D eigenvalue weighted by molar-refractivity contribution is 7.17. The van der Waals surface area contributed by atoms with Gasteiger partial charge in [-0.25, -0.2) is 4.79 Å². The van der Waals surface area contributed by atoms with Gasteiger partial charge in [-0.2, -0.15) is 4.99 Å². The molecule has 0 fully saturated rings. The second kappa shape index (κ2) is 8.97. The summed E-state index contributed by atoms with van der Waals surface area (Å²) >= 11 is 1.80. The van der Waals surface area contributed by atoms with E-state index in [1.807, 2.05) is 0 Å². The van der Waals surface area contributed by atoms with Gasteiger partial charge in [-0.15, -0.1) is 0 Å². The van der Waals surface area contributed by atoms with Gasteiger partial charge in [0.1, 0.15) is 11.4 Å². The number of rotatable bonds is 6. The lowest BCUT2D eigenvalue weighted by molar-refractivity contribution is -0.380. The Morgan fingerprint density at radius 2 is 1.97 bits per heavy atom. The number of methoxy groups -OCH3 is 1. The number of thiophene rings is 1. The Kier molecular flexibility index (Phi) is 6.37. The molecule has 156 valence electrons. The molecule has 0 saturated heterocycles. The zero-order valence-electron chi connectivity index (χ0n) is 15.8. The lowest BCUT2D eigenvalue weighted by Crippen LogP contribution is -2.22. The van der Waals surface area contributed by atoms with E-state index in [0.29, 0.717) is 27.1 Å². The molecule has 12 heteroatoms. The van der Waals surface area contributed by atoms with Crippen LogP contribution < -0.4 is 4.80 Å². The molecule has 30 heavy (non-hydrogen) atoms. The highest BCUT2D eigenvalue weighted by Crippen LogP contribution is 2.25. The lowest BCUT2D eigenvalue weighted by atomic mass is 10.2. The van der Waals surface area contributed by atoms with Crippen LogP contribution in [0.2, 0.25) is 0 Å². The molecule has 0 bridgehead atoms. The quantitative estimate of drug-likeness (QED) is 0.321. The molecule has 0 saturated carbocycles. The van der Waals surface area contributed by atoms with E-state index >= 15 is 0 Å². The zero-order chi connectivity index (χ0) is 21.8. The minimum atomic E-state index is -0.677. The summed E-state index contributed by atoms with van der Waals surface area (Å²) in [5.74, 6) is -1.72. The molecule has 2 aromatic heterocycles. The highest BCUT2D eigenvalue weighted by atomic mass is 32.1. The van der Waals surface area contributed by atoms with E-state index < -0.39 is 22.8 Å². The van der Waals surface area contributed by atoms with E-state index in [0.717, 1.165) is 11.3 Å². The highest BCUT2D eigenvalue weighted by Gasteiger charge is 2.17. The van der Waals surface area contributed by atoms with Crippen molar-refractivity contribution in [3.05, 3.63) is 55.7 Å². The number of nitrogens with zero attached hydrogens (tertiary/aromatic N) is 3. The summed E-state index contributed by atoms with van der Waals surface area (Å²) < 4.78 is 11.8. The van der Waals surface area contributed by atoms with Crippen molar-refractivity contribution in [1.29, 1.82) is 0 Å². The molecule has 0 aliphatic carbocycles. The van der Waals surface area contributed by atoms with Gasteiger partial charge in [0.05, 0.1) is 34.4 Å². The number of thiazole rings is 1. The van der Waals surface area contributed by atoms with Gasteiger partial charge in [0.2, 0.25) is 0 Å². The number of aromatic nitrogens is 1. The van der Waals surface area contributed by atoms with Crippen molar-refractivity contribution in [3.8, 4) is 0 Å². The SMILES string of the molecule is CCOC(=O)c1ccc2c(c1)sc(=NC(=O)c1ccc([N+](=O)[O-])s1)n2CC(=O)OC. The molecule has 0 N–H and O–H groups in total. The van der Waals surface area contributed by atoms with Gasteiger partial charge < -0.3 is 14.0 Å². The third-order valence-corrected chi connectivity index (χ3v) is 5.95. The predicted molar refractivity (Wildman–Crippen MR) is 109 cm³/mol. The molecule has 3 rings (SSSR count). The van der Waals surface area contributed by atoms with Crippen LogP contribution >= 0.6 is 22.7 Å². The summed E-state index contributed by atoms with van der Waals surface area (Å²) in [5, 5.41) is 10.7. The molecule has 0 unspecified atom stereocenters. The van der Waals surface area contributed by atoms with Gasteiger partial charge in [0.25, 0.3) is 5.91 Å². The first-order valence-corrected chi connectivity index (χ1v) is 10.2. The third kappa shape index (κ3) is 4.44. The second-order valence-electron chi connectivity index (χ2n) is 5.76. The summed E-state index contributed by atoms with van der Waals surface area (Å²) in [6, 6.07) is 7.32. The monoisotopic (exact) mass is 449 g/mol. The van der Waals surface area contributed by atoms with Crippen LogP contribution in [0.4, 0.5) is 5.00 Å². The van der Waals surface area contributed by atoms with Crippen molar-refractivity contribution in [2.75, 3.05) is 13.7 Å². The second-order valence-corrected chi connectivity index (χ2v) is 7.83. The van der Waals surface area contributed by atoms with Crippen LogP contribution in [0.25, 0.3) is 10.2 Å². The Morgan fingerprint density at radius 3 is 2.60 bits per heavy atom. The Morgan fingerprint density at radius 1 is 1.20 bits per heavy atom. The van der Waals surface area contributed by atoms with Crippen LogP contribution in [0.15, 0.2) is 35.3 Å². The fourth-order valence-corrected chi connectivity index (χ4v) is 4.30. The molecule has 0 spiro atoms. The molecule has 0 atom stereocenters. The standard InChI is InChI=1S/C18H15N3O7S2/c1-3-28-17(24)10-4-5-11-13(8-10)30-18(20(11)9-15(22)27-2)19-16(23)12-6-7-14(29-12)21(25)26/h4-8H,3,9H2,1-2H3. The molecule has 1 aromatic carbocycles. The first kappa shape index (κ1) is 21.3. The molecule has 3 aromatic rings. The molecular weight excluding hydrogens is 434 g/mol. The maximum atomic E-state index is 12.5. The fraction of sp³-hybridized carbons (Fsp3) is 0.222. The van der Waals surface area contributed by atoms with Crippen LogP contribution in [0.3, 0.4) is 0 Å². The number of nitro groups is 1. The largest absolute Gasteiger partial charge is 0.468 e. The number of fused-ring (bicyclic) bond motifs is 1.